The highest BCUT2D eigenvalue weighted by atomic mass is 32.1. The van der Waals surface area contributed by atoms with E-state index in [4.69, 9.17) is 10.8 Å². The number of thiol groups is 1. The van der Waals surface area contributed by atoms with E-state index in [0.29, 0.717) is 5.69 Å². The van der Waals surface area contributed by atoms with E-state index in [-0.39, 0.29) is 0 Å². The number of nitrogens with zero attached hydrogens (tertiary/aromatic N) is 4. The maximum absolute atomic E-state index is 11.9. The van der Waals surface area contributed by atoms with Gasteiger partial charge in [-0.25, -0.2) is 0 Å². The third-order valence-corrected chi connectivity index (χ3v) is 5.73. The van der Waals surface area contributed by atoms with E-state index in [1.165, 1.54) is 19.3 Å². The van der Waals surface area contributed by atoms with Crippen molar-refractivity contribution in [2.45, 2.75) is 64.5 Å². The first kappa shape index (κ1) is 17.6. The Balaban J connectivity index is 1.61. The third kappa shape index (κ3) is 3.54. The van der Waals surface area contributed by atoms with E-state index < -0.39 is 5.91 Å². The lowest BCUT2D eigenvalue weighted by molar-refractivity contribution is 0.0994. The molecule has 2 N–H and O–H groups in total. The summed E-state index contributed by atoms with van der Waals surface area (Å²) in [6.07, 6.45) is 10.9. The second-order valence-electron chi connectivity index (χ2n) is 7.56. The van der Waals surface area contributed by atoms with E-state index in [1.807, 2.05) is 4.68 Å². The van der Waals surface area contributed by atoms with E-state index in [2.05, 4.69) is 28.6 Å². The molecule has 0 atom stereocenters. The molecule has 0 spiro atoms. The van der Waals surface area contributed by atoms with Gasteiger partial charge in [-0.15, -0.1) is 0 Å². The second-order valence-corrected chi connectivity index (χ2v) is 8.00. The van der Waals surface area contributed by atoms with E-state index in [9.17, 15) is 4.79 Å². The quantitative estimate of drug-likeness (QED) is 0.524. The number of amides is 1. The molecule has 2 aliphatic rings. The number of carbonyl (C=O) groups excluding carboxylic acids is 1. The van der Waals surface area contributed by atoms with Gasteiger partial charge in [0.05, 0.1) is 11.4 Å². The molecule has 4 rings (SSSR count). The van der Waals surface area contributed by atoms with Crippen molar-refractivity contribution in [3.63, 3.8) is 0 Å². The topological polar surface area (TPSA) is 78.7 Å². The highest BCUT2D eigenvalue weighted by molar-refractivity contribution is 7.80. The van der Waals surface area contributed by atoms with Crippen LogP contribution in [0, 0.1) is 5.92 Å². The molecule has 0 aromatic carbocycles. The largest absolute Gasteiger partial charge is 0.364 e. The lowest BCUT2D eigenvalue weighted by atomic mass is 9.93. The van der Waals surface area contributed by atoms with Crippen molar-refractivity contribution in [3.8, 4) is 11.3 Å². The van der Waals surface area contributed by atoms with Crippen molar-refractivity contribution in [2.24, 2.45) is 11.7 Å². The summed E-state index contributed by atoms with van der Waals surface area (Å²) in [5.41, 5.74) is 10.4. The molecular weight excluding hydrogens is 346 g/mol. The molecule has 1 saturated carbocycles. The monoisotopic (exact) mass is 373 g/mol. The van der Waals surface area contributed by atoms with Gasteiger partial charge in [0.15, 0.2) is 5.69 Å². The molecule has 7 heteroatoms. The lowest BCUT2D eigenvalue weighted by Crippen LogP contribution is -2.15. The summed E-state index contributed by atoms with van der Waals surface area (Å²) in [6.45, 7) is 1.82. The van der Waals surface area contributed by atoms with Gasteiger partial charge in [-0.05, 0) is 50.2 Å². The smallest absolute Gasteiger partial charge is 0.269 e. The van der Waals surface area contributed by atoms with Crippen LogP contribution in [0.25, 0.3) is 11.3 Å². The Kier molecular flexibility index (Phi) is 5.07. The average molecular weight is 374 g/mol. The summed E-state index contributed by atoms with van der Waals surface area (Å²) >= 11 is 4.27. The summed E-state index contributed by atoms with van der Waals surface area (Å²) in [5, 5.41) is 9.38. The maximum Gasteiger partial charge on any atom is 0.269 e. The van der Waals surface area contributed by atoms with Gasteiger partial charge in [0.2, 0.25) is 0 Å². The molecule has 0 radical (unpaired) electrons. The number of primary amides is 1. The Labute approximate surface area is 159 Å². The molecule has 140 valence electrons. The van der Waals surface area contributed by atoms with Crippen LogP contribution in [0.4, 0.5) is 0 Å². The fraction of sp³-hybridized carbons (Fsp3) is 0.632. The minimum atomic E-state index is -0.427. The molecule has 1 fully saturated rings. The molecule has 1 amide bonds. The summed E-state index contributed by atoms with van der Waals surface area (Å²) < 4.78 is 4.09. The summed E-state index contributed by atoms with van der Waals surface area (Å²) in [5.74, 6) is 1.30. The van der Waals surface area contributed by atoms with Gasteiger partial charge in [-0.1, -0.05) is 12.8 Å². The van der Waals surface area contributed by atoms with E-state index in [0.717, 1.165) is 79.4 Å². The van der Waals surface area contributed by atoms with Crippen molar-refractivity contribution in [3.05, 3.63) is 23.1 Å². The fourth-order valence-corrected chi connectivity index (χ4v) is 4.09. The van der Waals surface area contributed by atoms with Crippen LogP contribution in [0.2, 0.25) is 0 Å². The molecular formula is C19H27N5OS. The summed E-state index contributed by atoms with van der Waals surface area (Å²) in [6, 6.07) is 0. The summed E-state index contributed by atoms with van der Waals surface area (Å²) in [4.78, 5) is 11.9. The Morgan fingerprint density at radius 1 is 1.19 bits per heavy atom. The lowest BCUT2D eigenvalue weighted by Gasteiger charge is -2.14. The van der Waals surface area contributed by atoms with E-state index in [1.54, 1.807) is 0 Å². The molecule has 2 aromatic heterocycles. The van der Waals surface area contributed by atoms with Gasteiger partial charge in [-0.3, -0.25) is 14.2 Å². The minimum absolute atomic E-state index is 0.427. The van der Waals surface area contributed by atoms with Crippen LogP contribution in [0.5, 0.6) is 0 Å². The van der Waals surface area contributed by atoms with Crippen LogP contribution in [0.1, 0.15) is 60.3 Å². The zero-order chi connectivity index (χ0) is 18.1. The number of rotatable bonds is 9. The van der Waals surface area contributed by atoms with Crippen LogP contribution < -0.4 is 5.73 Å². The number of hydrogen-bond donors (Lipinski definition) is 2. The van der Waals surface area contributed by atoms with Crippen molar-refractivity contribution < 1.29 is 4.79 Å². The molecule has 6 nitrogen and oxygen atoms in total. The van der Waals surface area contributed by atoms with Gasteiger partial charge in [0.1, 0.15) is 0 Å². The first-order valence-corrected chi connectivity index (χ1v) is 10.4. The van der Waals surface area contributed by atoms with Crippen LogP contribution >= 0.6 is 12.6 Å². The van der Waals surface area contributed by atoms with Gasteiger partial charge in [0.25, 0.3) is 5.91 Å². The normalized spacial score (nSPS) is 15.7. The first-order valence-electron chi connectivity index (χ1n) is 9.74. The van der Waals surface area contributed by atoms with Crippen LogP contribution in [0.3, 0.4) is 0 Å². The molecule has 0 unspecified atom stereocenters. The highest BCUT2D eigenvalue weighted by Gasteiger charge is 2.30. The van der Waals surface area contributed by atoms with Gasteiger partial charge in [-0.2, -0.15) is 22.8 Å². The third-order valence-electron chi connectivity index (χ3n) is 5.41. The molecule has 0 aliphatic heterocycles. The molecule has 2 heterocycles. The van der Waals surface area contributed by atoms with Gasteiger partial charge < -0.3 is 5.73 Å². The molecule has 2 aliphatic carbocycles. The van der Waals surface area contributed by atoms with Crippen molar-refractivity contribution >= 4 is 18.5 Å². The fourth-order valence-electron chi connectivity index (χ4n) is 3.87. The molecule has 2 aromatic rings. The van der Waals surface area contributed by atoms with Crippen LogP contribution in [-0.4, -0.2) is 31.2 Å². The Hall–Kier alpha value is -1.76. The molecule has 26 heavy (non-hydrogen) atoms. The number of aromatic nitrogens is 4. The highest BCUT2D eigenvalue weighted by Crippen LogP contribution is 2.36. The summed E-state index contributed by atoms with van der Waals surface area (Å²) in [7, 11) is 0. The van der Waals surface area contributed by atoms with Gasteiger partial charge in [0, 0.05) is 30.4 Å². The number of carbonyl (C=O) groups is 1. The van der Waals surface area contributed by atoms with Gasteiger partial charge >= 0.3 is 0 Å². The van der Waals surface area contributed by atoms with Crippen molar-refractivity contribution in [2.75, 3.05) is 5.75 Å². The number of nitrogens with two attached hydrogens (primary N) is 1. The van der Waals surface area contributed by atoms with Crippen molar-refractivity contribution in [1.82, 2.24) is 19.6 Å². The molecule has 0 bridgehead atoms. The number of fused-ring (bicyclic) bond motifs is 3. The Morgan fingerprint density at radius 2 is 2.00 bits per heavy atom. The zero-order valence-corrected chi connectivity index (χ0v) is 16.0. The average Bonchev–Trinajstić information content (AvgIpc) is 3.20. The first-order chi connectivity index (χ1) is 12.7. The number of hydrogen-bond acceptors (Lipinski definition) is 4. The second kappa shape index (κ2) is 7.47. The Morgan fingerprint density at radius 3 is 2.73 bits per heavy atom. The predicted molar refractivity (Wildman–Crippen MR) is 104 cm³/mol. The van der Waals surface area contributed by atoms with Crippen LogP contribution in [0.15, 0.2) is 6.20 Å². The van der Waals surface area contributed by atoms with Crippen LogP contribution in [-0.2, 0) is 25.9 Å². The Bertz CT molecular complexity index is 805. The maximum atomic E-state index is 11.9. The SMILES string of the molecule is NC(=O)c1nn(CCCCCCS)c2c1CCc1nn(CC3CC3)cc1-2. The number of unbranched alkanes of at least 4 members (excludes halogenated alkanes) is 3. The standard InChI is InChI=1S/C19H27N5OS/c20-19(25)17-14-7-8-16-15(12-23(21-16)11-13-5-6-13)18(14)24(22-17)9-3-1-2-4-10-26/h12-13,26H,1-11H2,(H2,20,25). The minimum Gasteiger partial charge on any atom is -0.364 e. The zero-order valence-electron chi connectivity index (χ0n) is 15.2. The number of aryl methyl sites for hydroxylation is 2. The van der Waals surface area contributed by atoms with E-state index >= 15 is 0 Å². The predicted octanol–water partition coefficient (Wildman–Crippen LogP) is 2.84. The molecule has 0 saturated heterocycles. The van der Waals surface area contributed by atoms with Crippen molar-refractivity contribution in [1.29, 1.82) is 0 Å².